The van der Waals surface area contributed by atoms with E-state index in [1.165, 1.54) is 43.4 Å². The Bertz CT molecular complexity index is 2390. The van der Waals surface area contributed by atoms with E-state index in [1.54, 1.807) is 0 Å². The van der Waals surface area contributed by atoms with Gasteiger partial charge in [-0.2, -0.15) is 0 Å². The maximum absolute atomic E-state index is 5.13. The van der Waals surface area contributed by atoms with Gasteiger partial charge in [0.15, 0.2) is 17.5 Å². The maximum Gasteiger partial charge on any atom is 0.164 e. The summed E-state index contributed by atoms with van der Waals surface area (Å²) in [7, 11) is -2.01. The molecule has 232 valence electrons. The molecule has 1 aliphatic rings. The lowest BCUT2D eigenvalue weighted by molar-refractivity contribution is 1.07. The summed E-state index contributed by atoms with van der Waals surface area (Å²) in [5.41, 5.74) is 10.3. The Hall–Kier alpha value is -5.97. The SMILES string of the molecule is C[Si]1(C)c2cc(-c3nc(-c4ccc(-c5ccccc5)cc4)nc(-c4ccc(-c5ccccc5)cc4)n3)ccc2-c2ccc3ccccc3c21. The third-order valence-corrected chi connectivity index (χ3v) is 13.5. The second kappa shape index (κ2) is 11.6. The van der Waals surface area contributed by atoms with Crippen LogP contribution in [0, 0.1) is 0 Å². The molecule has 0 amide bonds. The molecule has 0 N–H and O–H groups in total. The standard InChI is InChI=1S/C45H33N3Si/c1-49(2)41-29-37(26-27-39(41)40-28-25-34-15-9-10-16-38(34)42(40)49)45-47-43(35-21-17-32(18-22-35)30-11-5-3-6-12-30)46-44(48-45)36-23-19-33(20-24-36)31-13-7-4-8-14-31/h3-29H,1-2H3. The van der Waals surface area contributed by atoms with Crippen molar-refractivity contribution >= 4 is 29.2 Å². The summed E-state index contributed by atoms with van der Waals surface area (Å²) in [6, 6.07) is 58.1. The van der Waals surface area contributed by atoms with Crippen LogP contribution in [-0.2, 0) is 0 Å². The van der Waals surface area contributed by atoms with Crippen molar-refractivity contribution in [2.75, 3.05) is 0 Å². The third kappa shape index (κ3) is 5.09. The first-order valence-electron chi connectivity index (χ1n) is 16.8. The molecule has 7 aromatic carbocycles. The lowest BCUT2D eigenvalue weighted by atomic mass is 10.00. The van der Waals surface area contributed by atoms with Crippen LogP contribution in [0.25, 0.3) is 78.3 Å². The van der Waals surface area contributed by atoms with Crippen LogP contribution in [0.15, 0.2) is 164 Å². The minimum atomic E-state index is -2.01. The van der Waals surface area contributed by atoms with Crippen molar-refractivity contribution in [2.24, 2.45) is 0 Å². The van der Waals surface area contributed by atoms with Gasteiger partial charge in [0.2, 0.25) is 0 Å². The van der Waals surface area contributed by atoms with Gasteiger partial charge in [0.25, 0.3) is 0 Å². The maximum atomic E-state index is 5.13. The Morgan fingerprint density at radius 2 is 0.796 bits per heavy atom. The third-order valence-electron chi connectivity index (χ3n) is 9.93. The van der Waals surface area contributed by atoms with Crippen molar-refractivity contribution in [3.8, 4) is 67.5 Å². The largest absolute Gasteiger partial charge is 0.208 e. The van der Waals surface area contributed by atoms with Gasteiger partial charge < -0.3 is 0 Å². The van der Waals surface area contributed by atoms with Crippen LogP contribution in [0.3, 0.4) is 0 Å². The molecule has 9 rings (SSSR count). The second-order valence-electron chi connectivity index (χ2n) is 13.3. The average Bonchev–Trinajstić information content (AvgIpc) is 3.41. The topological polar surface area (TPSA) is 38.7 Å². The molecule has 4 heteroatoms. The van der Waals surface area contributed by atoms with E-state index < -0.39 is 8.07 Å². The number of benzene rings is 7. The average molecular weight is 644 g/mol. The zero-order chi connectivity index (χ0) is 33.0. The summed E-state index contributed by atoms with van der Waals surface area (Å²) in [6.45, 7) is 4.95. The molecule has 0 fully saturated rings. The number of rotatable bonds is 5. The van der Waals surface area contributed by atoms with Gasteiger partial charge in [0.1, 0.15) is 8.07 Å². The summed E-state index contributed by atoms with van der Waals surface area (Å²) in [6.07, 6.45) is 0. The zero-order valence-electron chi connectivity index (χ0n) is 27.4. The van der Waals surface area contributed by atoms with Crippen molar-refractivity contribution < 1.29 is 0 Å². The molecule has 0 saturated heterocycles. The predicted octanol–water partition coefficient (Wildman–Crippen LogP) is 10.2. The van der Waals surface area contributed by atoms with Crippen LogP contribution in [0.1, 0.15) is 0 Å². The quantitative estimate of drug-likeness (QED) is 0.175. The van der Waals surface area contributed by atoms with Crippen LogP contribution in [-0.4, -0.2) is 23.0 Å². The highest BCUT2D eigenvalue weighted by Crippen LogP contribution is 2.35. The molecule has 49 heavy (non-hydrogen) atoms. The van der Waals surface area contributed by atoms with Crippen LogP contribution in [0.5, 0.6) is 0 Å². The van der Waals surface area contributed by atoms with Gasteiger partial charge in [-0.3, -0.25) is 0 Å². The molecular formula is C45H33N3Si. The first-order valence-corrected chi connectivity index (χ1v) is 19.8. The van der Waals surface area contributed by atoms with Gasteiger partial charge in [-0.25, -0.2) is 15.0 Å². The van der Waals surface area contributed by atoms with Gasteiger partial charge in [-0.1, -0.05) is 177 Å². The Morgan fingerprint density at radius 3 is 1.37 bits per heavy atom. The normalized spacial score (nSPS) is 12.9. The van der Waals surface area contributed by atoms with Crippen LogP contribution in [0.4, 0.5) is 0 Å². The fraction of sp³-hybridized carbons (Fsp3) is 0.0444. The molecule has 8 aromatic rings. The molecule has 0 saturated carbocycles. The minimum absolute atomic E-state index is 0.665. The molecule has 0 radical (unpaired) electrons. The molecule has 1 aliphatic heterocycles. The van der Waals surface area contributed by atoms with Gasteiger partial charge in [0, 0.05) is 16.7 Å². The molecular weight excluding hydrogens is 611 g/mol. The van der Waals surface area contributed by atoms with Crippen molar-refractivity contribution in [2.45, 2.75) is 13.1 Å². The zero-order valence-corrected chi connectivity index (χ0v) is 28.4. The summed E-state index contributed by atoms with van der Waals surface area (Å²) in [5.74, 6) is 2.02. The van der Waals surface area contributed by atoms with Crippen molar-refractivity contribution in [1.29, 1.82) is 0 Å². The van der Waals surface area contributed by atoms with E-state index in [0.29, 0.717) is 17.5 Å². The van der Waals surface area contributed by atoms with Crippen LogP contribution < -0.4 is 10.4 Å². The monoisotopic (exact) mass is 643 g/mol. The molecule has 1 aromatic heterocycles. The number of hydrogen-bond donors (Lipinski definition) is 0. The van der Waals surface area contributed by atoms with E-state index in [-0.39, 0.29) is 0 Å². The Morgan fingerprint density at radius 1 is 0.367 bits per heavy atom. The van der Waals surface area contributed by atoms with Gasteiger partial charge in [0.05, 0.1) is 0 Å². The van der Waals surface area contributed by atoms with Gasteiger partial charge in [-0.15, -0.1) is 0 Å². The highest BCUT2D eigenvalue weighted by Gasteiger charge is 2.39. The van der Waals surface area contributed by atoms with Crippen molar-refractivity contribution in [1.82, 2.24) is 15.0 Å². The number of aromatic nitrogens is 3. The molecule has 0 unspecified atom stereocenters. The smallest absolute Gasteiger partial charge is 0.164 e. The molecule has 0 aliphatic carbocycles. The lowest BCUT2D eigenvalue weighted by Crippen LogP contribution is -2.49. The number of hydrogen-bond acceptors (Lipinski definition) is 3. The van der Waals surface area contributed by atoms with Crippen LogP contribution in [0.2, 0.25) is 13.1 Å². The highest BCUT2D eigenvalue weighted by atomic mass is 28.3. The molecule has 2 heterocycles. The van der Waals surface area contributed by atoms with E-state index in [0.717, 1.165) is 27.8 Å². The second-order valence-corrected chi connectivity index (χ2v) is 17.6. The van der Waals surface area contributed by atoms with Gasteiger partial charge in [-0.05, 0) is 54.5 Å². The van der Waals surface area contributed by atoms with E-state index in [2.05, 4.69) is 165 Å². The fourth-order valence-electron chi connectivity index (χ4n) is 7.39. The Labute approximate surface area is 287 Å². The molecule has 0 bridgehead atoms. The first-order chi connectivity index (χ1) is 24.0. The molecule has 3 nitrogen and oxygen atoms in total. The van der Waals surface area contributed by atoms with Crippen molar-refractivity contribution in [3.05, 3.63) is 164 Å². The number of nitrogens with zero attached hydrogens (tertiary/aromatic N) is 3. The minimum Gasteiger partial charge on any atom is -0.208 e. The molecule has 0 spiro atoms. The summed E-state index contributed by atoms with van der Waals surface area (Å²) < 4.78 is 0. The highest BCUT2D eigenvalue weighted by molar-refractivity contribution is 7.05. The summed E-state index contributed by atoms with van der Waals surface area (Å²) in [4.78, 5) is 15.3. The Kier molecular flexibility index (Phi) is 6.92. The summed E-state index contributed by atoms with van der Waals surface area (Å²) in [5, 5.41) is 5.63. The van der Waals surface area contributed by atoms with E-state index in [1.807, 2.05) is 12.1 Å². The summed E-state index contributed by atoms with van der Waals surface area (Å²) >= 11 is 0. The molecule has 0 atom stereocenters. The van der Waals surface area contributed by atoms with Crippen molar-refractivity contribution in [3.63, 3.8) is 0 Å². The Balaban J connectivity index is 1.16. The van der Waals surface area contributed by atoms with E-state index in [9.17, 15) is 0 Å². The van der Waals surface area contributed by atoms with E-state index >= 15 is 0 Å². The van der Waals surface area contributed by atoms with Crippen LogP contribution >= 0.6 is 0 Å². The lowest BCUT2D eigenvalue weighted by Gasteiger charge is -2.21. The number of fused-ring (bicyclic) bond motifs is 5. The fourth-order valence-corrected chi connectivity index (χ4v) is 10.9. The van der Waals surface area contributed by atoms with E-state index in [4.69, 9.17) is 15.0 Å². The first kappa shape index (κ1) is 29.2. The van der Waals surface area contributed by atoms with Gasteiger partial charge >= 0.3 is 0 Å². The predicted molar refractivity (Wildman–Crippen MR) is 207 cm³/mol.